The number of carbonyl (C=O) groups excluding carboxylic acids is 1. The second-order valence-corrected chi connectivity index (χ2v) is 7.35. The van der Waals surface area contributed by atoms with E-state index in [0.717, 1.165) is 16.6 Å². The van der Waals surface area contributed by atoms with E-state index in [1.165, 1.54) is 29.5 Å². The van der Waals surface area contributed by atoms with Crippen LogP contribution < -0.4 is 14.3 Å². The zero-order valence-corrected chi connectivity index (χ0v) is 17.6. The van der Waals surface area contributed by atoms with E-state index < -0.39 is 10.8 Å². The maximum atomic E-state index is 12.4. The number of nitrogens with zero attached hydrogens (tertiary/aromatic N) is 3. The highest BCUT2D eigenvalue weighted by atomic mass is 32.1. The molecule has 0 aliphatic heterocycles. The zero-order valence-electron chi connectivity index (χ0n) is 16.8. The Morgan fingerprint density at radius 1 is 1.20 bits per heavy atom. The average molecular weight is 427 g/mol. The number of carbonyl (C=O) groups is 1. The van der Waals surface area contributed by atoms with Gasteiger partial charge in [-0.2, -0.15) is 4.99 Å². The lowest BCUT2D eigenvalue weighted by Gasteiger charge is -2.08. The van der Waals surface area contributed by atoms with Crippen molar-refractivity contribution in [2.45, 2.75) is 19.9 Å². The fourth-order valence-electron chi connectivity index (χ4n) is 2.93. The molecule has 0 spiro atoms. The van der Waals surface area contributed by atoms with Crippen LogP contribution in [0.25, 0.3) is 16.3 Å². The Hall–Kier alpha value is -3.46. The quantitative estimate of drug-likeness (QED) is 0.320. The van der Waals surface area contributed by atoms with E-state index >= 15 is 0 Å². The number of thiazole rings is 1. The van der Waals surface area contributed by atoms with Crippen LogP contribution in [-0.2, 0) is 11.3 Å². The fourth-order valence-corrected chi connectivity index (χ4v) is 4.00. The Kier molecular flexibility index (Phi) is 6.63. The van der Waals surface area contributed by atoms with Crippen molar-refractivity contribution < 1.29 is 19.2 Å². The molecule has 1 amide bonds. The van der Waals surface area contributed by atoms with Crippen molar-refractivity contribution in [1.82, 2.24) is 4.57 Å². The highest BCUT2D eigenvalue weighted by Gasteiger charge is 2.12. The molecule has 9 heteroatoms. The standard InChI is InChI=1S/C21H21N3O5S/c1-4-11-23-16-12-17(28-2)18(29-3)13-19(16)30-21(23)22-20(25)10-7-14-5-8-15(9-6-14)24(26)27/h5-10,12-13H,4,11H2,1-3H3/b10-7+,22-21?. The lowest BCUT2D eigenvalue weighted by Crippen LogP contribution is -2.16. The molecule has 3 rings (SSSR count). The van der Waals surface area contributed by atoms with Gasteiger partial charge < -0.3 is 14.0 Å². The number of ether oxygens (including phenoxy) is 2. The van der Waals surface area contributed by atoms with Crippen LogP contribution >= 0.6 is 11.3 Å². The lowest BCUT2D eigenvalue weighted by molar-refractivity contribution is -0.384. The number of amides is 1. The van der Waals surface area contributed by atoms with Crippen LogP contribution in [-0.4, -0.2) is 29.6 Å². The normalized spacial score (nSPS) is 11.9. The van der Waals surface area contributed by atoms with Crippen molar-refractivity contribution >= 4 is 39.2 Å². The molecule has 0 aliphatic rings. The zero-order chi connectivity index (χ0) is 21.7. The third-order valence-corrected chi connectivity index (χ3v) is 5.40. The average Bonchev–Trinajstić information content (AvgIpc) is 3.07. The second kappa shape index (κ2) is 9.36. The smallest absolute Gasteiger partial charge is 0.272 e. The molecule has 0 saturated heterocycles. The van der Waals surface area contributed by atoms with Crippen molar-refractivity contribution in [2.24, 2.45) is 4.99 Å². The van der Waals surface area contributed by atoms with Crippen LogP contribution in [0.3, 0.4) is 0 Å². The molecule has 0 saturated carbocycles. The number of non-ortho nitro benzene ring substituents is 1. The molecule has 0 N–H and O–H groups in total. The first-order valence-corrected chi connectivity index (χ1v) is 10.0. The molecule has 0 fully saturated rings. The molecule has 2 aromatic carbocycles. The molecular formula is C21H21N3O5S. The largest absolute Gasteiger partial charge is 0.493 e. The van der Waals surface area contributed by atoms with Crippen LogP contribution in [0.2, 0.25) is 0 Å². The molecule has 0 radical (unpaired) electrons. The maximum Gasteiger partial charge on any atom is 0.272 e. The minimum absolute atomic E-state index is 0.0000895. The van der Waals surface area contributed by atoms with Gasteiger partial charge in [-0.1, -0.05) is 18.3 Å². The number of aromatic nitrogens is 1. The molecule has 8 nitrogen and oxygen atoms in total. The molecular weight excluding hydrogens is 406 g/mol. The minimum atomic E-state index is -0.466. The van der Waals surface area contributed by atoms with Crippen molar-refractivity contribution in [1.29, 1.82) is 0 Å². The van der Waals surface area contributed by atoms with E-state index in [2.05, 4.69) is 11.9 Å². The van der Waals surface area contributed by atoms with Gasteiger partial charge in [-0.05, 0) is 30.2 Å². The Labute approximate surface area is 176 Å². The number of hydrogen-bond acceptors (Lipinski definition) is 6. The molecule has 0 unspecified atom stereocenters. The number of benzene rings is 2. The van der Waals surface area contributed by atoms with Gasteiger partial charge in [-0.3, -0.25) is 14.9 Å². The van der Waals surface area contributed by atoms with Crippen LogP contribution in [0.1, 0.15) is 18.9 Å². The van der Waals surface area contributed by atoms with E-state index in [0.29, 0.717) is 28.4 Å². The summed E-state index contributed by atoms with van der Waals surface area (Å²) >= 11 is 1.40. The van der Waals surface area contributed by atoms with Gasteiger partial charge in [0, 0.05) is 36.9 Å². The van der Waals surface area contributed by atoms with Crippen molar-refractivity contribution in [2.75, 3.05) is 14.2 Å². The SMILES string of the molecule is CCCn1c(=NC(=O)/C=C/c2ccc([N+](=O)[O-])cc2)sc2cc(OC)c(OC)cc21. The first-order chi connectivity index (χ1) is 14.5. The minimum Gasteiger partial charge on any atom is -0.493 e. The summed E-state index contributed by atoms with van der Waals surface area (Å²) < 4.78 is 13.7. The predicted octanol–water partition coefficient (Wildman–Crippen LogP) is 4.18. The van der Waals surface area contributed by atoms with Gasteiger partial charge in [-0.15, -0.1) is 0 Å². The molecule has 1 aromatic heterocycles. The highest BCUT2D eigenvalue weighted by molar-refractivity contribution is 7.16. The van der Waals surface area contributed by atoms with E-state index in [4.69, 9.17) is 9.47 Å². The van der Waals surface area contributed by atoms with Crippen LogP contribution in [0.4, 0.5) is 5.69 Å². The number of rotatable bonds is 7. The van der Waals surface area contributed by atoms with E-state index in [1.54, 1.807) is 32.4 Å². The van der Waals surface area contributed by atoms with Gasteiger partial charge in [0.1, 0.15) is 0 Å². The number of fused-ring (bicyclic) bond motifs is 1. The molecule has 1 heterocycles. The highest BCUT2D eigenvalue weighted by Crippen LogP contribution is 2.33. The fraction of sp³-hybridized carbons (Fsp3) is 0.238. The molecule has 0 aliphatic carbocycles. The summed E-state index contributed by atoms with van der Waals surface area (Å²) in [5.41, 5.74) is 1.60. The monoisotopic (exact) mass is 427 g/mol. The number of aryl methyl sites for hydroxylation is 1. The van der Waals surface area contributed by atoms with E-state index in [1.807, 2.05) is 16.7 Å². The number of methoxy groups -OCH3 is 2. The summed E-state index contributed by atoms with van der Waals surface area (Å²) in [6, 6.07) is 9.71. The van der Waals surface area contributed by atoms with Gasteiger partial charge in [0.25, 0.3) is 11.6 Å². The summed E-state index contributed by atoms with van der Waals surface area (Å²) in [5.74, 6) is 0.818. The topological polar surface area (TPSA) is 96.0 Å². The van der Waals surface area contributed by atoms with Crippen LogP contribution in [0, 0.1) is 10.1 Å². The predicted molar refractivity (Wildman–Crippen MR) is 116 cm³/mol. The summed E-state index contributed by atoms with van der Waals surface area (Å²) in [4.78, 5) is 27.5. The maximum absolute atomic E-state index is 12.4. The van der Waals surface area contributed by atoms with Crippen LogP contribution in [0.15, 0.2) is 47.5 Å². The summed E-state index contributed by atoms with van der Waals surface area (Å²) in [7, 11) is 3.16. The van der Waals surface area contributed by atoms with Crippen LogP contribution in [0.5, 0.6) is 11.5 Å². The van der Waals surface area contributed by atoms with Crippen molar-refractivity contribution in [3.63, 3.8) is 0 Å². The Balaban J connectivity index is 1.96. The Bertz CT molecular complexity index is 1180. The number of nitro groups is 1. The first kappa shape index (κ1) is 21.3. The van der Waals surface area contributed by atoms with Crippen molar-refractivity contribution in [3.05, 3.63) is 63.0 Å². The third-order valence-electron chi connectivity index (χ3n) is 4.36. The van der Waals surface area contributed by atoms with Gasteiger partial charge in [0.15, 0.2) is 16.3 Å². The summed E-state index contributed by atoms with van der Waals surface area (Å²) in [6.45, 7) is 2.75. The molecule has 0 bridgehead atoms. The Morgan fingerprint density at radius 3 is 2.47 bits per heavy atom. The van der Waals surface area contributed by atoms with Gasteiger partial charge in [0.05, 0.1) is 29.4 Å². The summed E-state index contributed by atoms with van der Waals surface area (Å²) in [5, 5.41) is 10.7. The molecule has 3 aromatic rings. The van der Waals surface area contributed by atoms with Gasteiger partial charge in [-0.25, -0.2) is 0 Å². The Morgan fingerprint density at radius 2 is 1.87 bits per heavy atom. The van der Waals surface area contributed by atoms with E-state index in [-0.39, 0.29) is 5.69 Å². The first-order valence-electron chi connectivity index (χ1n) is 9.23. The third kappa shape index (κ3) is 4.57. The molecule has 0 atom stereocenters. The summed E-state index contributed by atoms with van der Waals surface area (Å²) in [6.07, 6.45) is 3.81. The van der Waals surface area contributed by atoms with Crippen molar-refractivity contribution in [3.8, 4) is 11.5 Å². The number of hydrogen-bond donors (Lipinski definition) is 0. The lowest BCUT2D eigenvalue weighted by atomic mass is 10.2. The molecule has 30 heavy (non-hydrogen) atoms. The van der Waals surface area contributed by atoms with Gasteiger partial charge >= 0.3 is 0 Å². The van der Waals surface area contributed by atoms with Gasteiger partial charge in [0.2, 0.25) is 0 Å². The van der Waals surface area contributed by atoms with E-state index in [9.17, 15) is 14.9 Å². The number of nitro benzene ring substituents is 1. The molecule has 156 valence electrons. The second-order valence-electron chi connectivity index (χ2n) is 6.34.